The Morgan fingerprint density at radius 3 is 2.91 bits per heavy atom. The van der Waals surface area contributed by atoms with Gasteiger partial charge >= 0.3 is 0 Å². The monoisotopic (exact) mass is 294 g/mol. The maximum Gasteiger partial charge on any atom is 0.261 e. The van der Waals surface area contributed by atoms with Gasteiger partial charge in [0.1, 0.15) is 0 Å². The van der Waals surface area contributed by atoms with Crippen molar-refractivity contribution in [2.45, 2.75) is 6.54 Å². The van der Waals surface area contributed by atoms with Crippen LogP contribution in [0.4, 0.5) is 0 Å². The number of methoxy groups -OCH3 is 1. The Kier molecular flexibility index (Phi) is 2.90. The Hall–Kier alpha value is -2.73. The molecule has 0 aliphatic rings. The molecule has 0 fully saturated rings. The van der Waals surface area contributed by atoms with Crippen LogP contribution in [0.5, 0.6) is 0 Å². The summed E-state index contributed by atoms with van der Waals surface area (Å²) in [6, 6.07) is 9.74. The second-order valence-electron chi connectivity index (χ2n) is 5.10. The van der Waals surface area contributed by atoms with E-state index in [1.165, 1.54) is 0 Å². The van der Waals surface area contributed by atoms with Crippen LogP contribution in [-0.2, 0) is 11.3 Å². The first-order valence-electron chi connectivity index (χ1n) is 7.04. The molecule has 0 N–H and O–H groups in total. The number of para-hydroxylation sites is 2. The number of rotatable bonds is 3. The highest BCUT2D eigenvalue weighted by molar-refractivity contribution is 5.88. The topological polar surface area (TPSA) is 61.4 Å². The molecule has 6 heteroatoms. The molecule has 6 nitrogen and oxygen atoms in total. The first-order chi connectivity index (χ1) is 10.8. The van der Waals surface area contributed by atoms with Crippen molar-refractivity contribution in [1.29, 1.82) is 0 Å². The molecular formula is C16H14N4O2. The number of imidazole rings is 1. The van der Waals surface area contributed by atoms with Gasteiger partial charge in [0.05, 0.1) is 28.5 Å². The van der Waals surface area contributed by atoms with Crippen LogP contribution in [0.3, 0.4) is 0 Å². The van der Waals surface area contributed by atoms with E-state index >= 15 is 0 Å². The third-order valence-electron chi connectivity index (χ3n) is 3.81. The minimum atomic E-state index is -0.0678. The van der Waals surface area contributed by atoms with Gasteiger partial charge in [0.25, 0.3) is 5.56 Å². The van der Waals surface area contributed by atoms with E-state index in [1.54, 1.807) is 24.1 Å². The third-order valence-corrected chi connectivity index (χ3v) is 3.81. The van der Waals surface area contributed by atoms with Gasteiger partial charge in [0.15, 0.2) is 0 Å². The van der Waals surface area contributed by atoms with Crippen molar-refractivity contribution >= 4 is 27.7 Å². The summed E-state index contributed by atoms with van der Waals surface area (Å²) in [5.74, 6) is 0.600. The Morgan fingerprint density at radius 2 is 2.05 bits per heavy atom. The van der Waals surface area contributed by atoms with Crippen molar-refractivity contribution in [3.8, 4) is 0 Å². The largest absolute Gasteiger partial charge is 0.383 e. The summed E-state index contributed by atoms with van der Waals surface area (Å²) in [5.41, 5.74) is 2.56. The zero-order chi connectivity index (χ0) is 15.1. The highest BCUT2D eigenvalue weighted by atomic mass is 16.5. The van der Waals surface area contributed by atoms with Gasteiger partial charge in [-0.1, -0.05) is 12.1 Å². The molecule has 0 spiro atoms. The van der Waals surface area contributed by atoms with Crippen LogP contribution in [0.25, 0.3) is 27.7 Å². The zero-order valence-corrected chi connectivity index (χ0v) is 12.1. The summed E-state index contributed by atoms with van der Waals surface area (Å²) >= 11 is 0. The van der Waals surface area contributed by atoms with Crippen molar-refractivity contribution < 1.29 is 4.74 Å². The highest BCUT2D eigenvalue weighted by Gasteiger charge is 2.11. The molecule has 4 aromatic rings. The van der Waals surface area contributed by atoms with E-state index in [0.29, 0.717) is 24.3 Å². The molecule has 0 unspecified atom stereocenters. The third kappa shape index (κ3) is 1.81. The van der Waals surface area contributed by atoms with E-state index in [-0.39, 0.29) is 5.56 Å². The maximum atomic E-state index is 12.6. The van der Waals surface area contributed by atoms with Gasteiger partial charge in [-0.25, -0.2) is 9.97 Å². The number of hydrogen-bond donors (Lipinski definition) is 0. The molecule has 0 bridgehead atoms. The molecule has 1 aromatic carbocycles. The zero-order valence-electron chi connectivity index (χ0n) is 12.1. The number of hydrogen-bond acceptors (Lipinski definition) is 4. The second kappa shape index (κ2) is 4.92. The van der Waals surface area contributed by atoms with Crippen LogP contribution >= 0.6 is 0 Å². The van der Waals surface area contributed by atoms with Crippen molar-refractivity contribution in [3.05, 3.63) is 53.1 Å². The van der Waals surface area contributed by atoms with Crippen LogP contribution in [0.15, 0.2) is 47.5 Å². The van der Waals surface area contributed by atoms with E-state index in [4.69, 9.17) is 4.74 Å². The minimum absolute atomic E-state index is 0.0678. The van der Waals surface area contributed by atoms with E-state index in [1.807, 2.05) is 34.7 Å². The standard InChI is InChI=1S/C16H14N4O2/c1-22-9-8-19-7-6-13-11(15(19)21)10-17-16-18-12-4-2-3-5-14(12)20(13)16/h2-7,10H,8-9H2,1H3. The summed E-state index contributed by atoms with van der Waals surface area (Å²) < 4.78 is 8.60. The molecule has 0 aliphatic carbocycles. The fraction of sp³-hybridized carbons (Fsp3) is 0.188. The average Bonchev–Trinajstić information content (AvgIpc) is 2.93. The van der Waals surface area contributed by atoms with E-state index < -0.39 is 0 Å². The summed E-state index contributed by atoms with van der Waals surface area (Å²) in [5, 5.41) is 0.578. The van der Waals surface area contributed by atoms with Crippen molar-refractivity contribution in [2.75, 3.05) is 13.7 Å². The lowest BCUT2D eigenvalue weighted by Gasteiger charge is -2.07. The predicted molar refractivity (Wildman–Crippen MR) is 84.1 cm³/mol. The van der Waals surface area contributed by atoms with Gasteiger partial charge in [-0.2, -0.15) is 0 Å². The van der Waals surface area contributed by atoms with Crippen molar-refractivity contribution in [2.24, 2.45) is 0 Å². The molecule has 0 atom stereocenters. The van der Waals surface area contributed by atoms with Crippen molar-refractivity contribution in [1.82, 2.24) is 18.9 Å². The van der Waals surface area contributed by atoms with Gasteiger partial charge in [-0.3, -0.25) is 9.20 Å². The van der Waals surface area contributed by atoms with Gasteiger partial charge < -0.3 is 9.30 Å². The molecule has 0 saturated heterocycles. The number of nitrogens with zero attached hydrogens (tertiary/aromatic N) is 4. The lowest BCUT2D eigenvalue weighted by molar-refractivity contribution is 0.186. The fourth-order valence-corrected chi connectivity index (χ4v) is 2.72. The lowest BCUT2D eigenvalue weighted by atomic mass is 10.3. The van der Waals surface area contributed by atoms with Crippen LogP contribution in [0, 0.1) is 0 Å². The average molecular weight is 294 g/mol. The van der Waals surface area contributed by atoms with Crippen LogP contribution in [0.1, 0.15) is 0 Å². The van der Waals surface area contributed by atoms with E-state index in [2.05, 4.69) is 9.97 Å². The van der Waals surface area contributed by atoms with Gasteiger partial charge in [0, 0.05) is 26.0 Å². The number of pyridine rings is 1. The summed E-state index contributed by atoms with van der Waals surface area (Å²) in [6.07, 6.45) is 3.39. The fourth-order valence-electron chi connectivity index (χ4n) is 2.72. The molecular weight excluding hydrogens is 280 g/mol. The Labute approximate surface area is 125 Å². The Bertz CT molecular complexity index is 1050. The van der Waals surface area contributed by atoms with Gasteiger partial charge in [0.2, 0.25) is 5.78 Å². The smallest absolute Gasteiger partial charge is 0.261 e. The van der Waals surface area contributed by atoms with Crippen molar-refractivity contribution in [3.63, 3.8) is 0 Å². The molecule has 22 heavy (non-hydrogen) atoms. The van der Waals surface area contributed by atoms with Crippen LogP contribution in [0.2, 0.25) is 0 Å². The number of benzene rings is 1. The first-order valence-corrected chi connectivity index (χ1v) is 7.04. The summed E-state index contributed by atoms with van der Waals surface area (Å²) in [7, 11) is 1.62. The molecule has 0 aliphatic heterocycles. The Morgan fingerprint density at radius 1 is 1.18 bits per heavy atom. The molecule has 3 aromatic heterocycles. The SMILES string of the molecule is COCCn1ccc2c(cnc3nc4ccccc4n32)c1=O. The van der Waals surface area contributed by atoms with Crippen LogP contribution < -0.4 is 5.56 Å². The maximum absolute atomic E-state index is 12.6. The number of ether oxygens (including phenoxy) is 1. The minimum Gasteiger partial charge on any atom is -0.383 e. The Balaban J connectivity index is 2.08. The number of aromatic nitrogens is 4. The van der Waals surface area contributed by atoms with Gasteiger partial charge in [-0.15, -0.1) is 0 Å². The summed E-state index contributed by atoms with van der Waals surface area (Å²) in [4.78, 5) is 21.4. The lowest BCUT2D eigenvalue weighted by Crippen LogP contribution is -2.22. The quantitative estimate of drug-likeness (QED) is 0.578. The first kappa shape index (κ1) is 13.0. The van der Waals surface area contributed by atoms with Crippen LogP contribution in [-0.4, -0.2) is 32.7 Å². The van der Waals surface area contributed by atoms with Gasteiger partial charge in [-0.05, 0) is 18.2 Å². The van der Waals surface area contributed by atoms with E-state index in [9.17, 15) is 4.79 Å². The molecule has 0 amide bonds. The second-order valence-corrected chi connectivity index (χ2v) is 5.10. The van der Waals surface area contributed by atoms with E-state index in [0.717, 1.165) is 16.6 Å². The molecule has 110 valence electrons. The summed E-state index contributed by atoms with van der Waals surface area (Å²) in [6.45, 7) is 1.02. The molecule has 3 heterocycles. The molecule has 4 rings (SSSR count). The number of fused-ring (bicyclic) bond motifs is 5. The normalized spacial score (nSPS) is 11.7. The highest BCUT2D eigenvalue weighted by Crippen LogP contribution is 2.19. The predicted octanol–water partition coefficient (Wildman–Crippen LogP) is 1.84. The molecule has 0 saturated carbocycles. The molecule has 0 radical (unpaired) electrons.